The van der Waals surface area contributed by atoms with Crippen molar-refractivity contribution in [1.29, 1.82) is 0 Å². The number of ether oxygens (including phenoxy) is 1. The third kappa shape index (κ3) is 3.24. The molecule has 5 heteroatoms. The smallest absolute Gasteiger partial charge is 0.359 e. The Balaban J connectivity index is 2.50. The molecule has 0 atom stereocenters. The van der Waals surface area contributed by atoms with E-state index in [9.17, 15) is 9.59 Å². The van der Waals surface area contributed by atoms with Gasteiger partial charge in [0.25, 0.3) is 0 Å². The number of amides is 2. The maximum absolute atomic E-state index is 10.8. The van der Waals surface area contributed by atoms with Crippen LogP contribution in [-0.2, 0) is 4.74 Å². The number of hydrogen-bond acceptors (Lipinski definition) is 3. The molecule has 0 aliphatic rings. The molecule has 2 amide bonds. The molecule has 1 aromatic rings. The third-order valence-corrected chi connectivity index (χ3v) is 1.21. The predicted octanol–water partition coefficient (Wildman–Crippen LogP) is 1.31. The van der Waals surface area contributed by atoms with Gasteiger partial charge in [0.2, 0.25) is 0 Å². The van der Waals surface area contributed by atoms with Crippen LogP contribution >= 0.6 is 0 Å². The number of carbonyl (C=O) groups is 2. The summed E-state index contributed by atoms with van der Waals surface area (Å²) in [6, 6.07) is 8.58. The highest BCUT2D eigenvalue weighted by Crippen LogP contribution is 2.04. The Morgan fingerprint density at radius 1 is 1.23 bits per heavy atom. The highest BCUT2D eigenvalue weighted by molar-refractivity contribution is 5.91. The lowest BCUT2D eigenvalue weighted by Gasteiger charge is -2.02. The summed E-state index contributed by atoms with van der Waals surface area (Å²) in [5.41, 5.74) is 5.16. The molecule has 13 heavy (non-hydrogen) atoms. The number of nitrogens with one attached hydrogen (secondary N) is 1. The number of benzene rings is 1. The van der Waals surface area contributed by atoms with Crippen LogP contribution in [0.15, 0.2) is 30.3 Å². The lowest BCUT2D eigenvalue weighted by Crippen LogP contribution is -2.22. The van der Waals surface area contributed by atoms with Gasteiger partial charge < -0.3 is 10.5 Å². The largest absolute Gasteiger partial charge is 0.420 e. The first-order valence-corrected chi connectivity index (χ1v) is 3.52. The number of primary amides is 1. The summed E-state index contributed by atoms with van der Waals surface area (Å²) in [7, 11) is 0. The summed E-state index contributed by atoms with van der Waals surface area (Å²) in [5, 5.41) is 2.31. The lowest BCUT2D eigenvalue weighted by molar-refractivity contribution is 0.167. The molecule has 0 fully saturated rings. The van der Waals surface area contributed by atoms with Gasteiger partial charge in [0.15, 0.2) is 0 Å². The fourth-order valence-electron chi connectivity index (χ4n) is 0.756. The summed E-state index contributed by atoms with van der Waals surface area (Å²) in [4.78, 5) is 20.9. The zero-order valence-electron chi connectivity index (χ0n) is 6.69. The second-order valence-corrected chi connectivity index (χ2v) is 2.20. The average Bonchev–Trinajstić information content (AvgIpc) is 2.04. The number of hydrogen-bond donors (Lipinski definition) is 2. The van der Waals surface area contributed by atoms with E-state index >= 15 is 0 Å². The molecule has 68 valence electrons. The van der Waals surface area contributed by atoms with E-state index in [4.69, 9.17) is 0 Å². The number of nitrogens with two attached hydrogens (primary N) is 1. The van der Waals surface area contributed by atoms with Crippen molar-refractivity contribution in [2.45, 2.75) is 0 Å². The molecule has 5 nitrogen and oxygen atoms in total. The fourth-order valence-corrected chi connectivity index (χ4v) is 0.756. The molecule has 3 N–H and O–H groups in total. The summed E-state index contributed by atoms with van der Waals surface area (Å²) in [5.74, 6) is 0. The van der Waals surface area contributed by atoms with Gasteiger partial charge in [-0.15, -0.1) is 0 Å². The SMILES string of the molecule is NC(=O)OC(=O)Nc1ccccc1. The van der Waals surface area contributed by atoms with Gasteiger partial charge in [-0.05, 0) is 12.1 Å². The second kappa shape index (κ2) is 4.10. The first-order valence-electron chi connectivity index (χ1n) is 3.52. The maximum atomic E-state index is 10.8. The predicted molar refractivity (Wildman–Crippen MR) is 46.1 cm³/mol. The van der Waals surface area contributed by atoms with Crippen molar-refractivity contribution >= 4 is 17.9 Å². The van der Waals surface area contributed by atoms with Crippen molar-refractivity contribution in [2.75, 3.05) is 5.32 Å². The zero-order valence-corrected chi connectivity index (χ0v) is 6.69. The molecule has 0 saturated carbocycles. The van der Waals surface area contributed by atoms with Gasteiger partial charge in [-0.1, -0.05) is 18.2 Å². The van der Waals surface area contributed by atoms with Gasteiger partial charge in [-0.3, -0.25) is 5.32 Å². The lowest BCUT2D eigenvalue weighted by atomic mass is 10.3. The van der Waals surface area contributed by atoms with Crippen LogP contribution in [-0.4, -0.2) is 12.2 Å². The van der Waals surface area contributed by atoms with E-state index in [0.29, 0.717) is 5.69 Å². The molecular formula is C8H8N2O3. The quantitative estimate of drug-likeness (QED) is 0.639. The maximum Gasteiger partial charge on any atom is 0.420 e. The Hall–Kier alpha value is -2.04. The van der Waals surface area contributed by atoms with Crippen LogP contribution in [0.3, 0.4) is 0 Å². The molecule has 0 aromatic heterocycles. The van der Waals surface area contributed by atoms with E-state index in [2.05, 4.69) is 15.8 Å². The van der Waals surface area contributed by atoms with Crippen LogP contribution in [0.4, 0.5) is 15.3 Å². The summed E-state index contributed by atoms with van der Waals surface area (Å²) < 4.78 is 4.04. The summed E-state index contributed by atoms with van der Waals surface area (Å²) in [6.45, 7) is 0. The standard InChI is InChI=1S/C8H8N2O3/c9-7(11)13-8(12)10-6-4-2-1-3-5-6/h1-5H,(H2,9,11)(H,10,12). The Bertz CT molecular complexity index is 310. The van der Waals surface area contributed by atoms with Gasteiger partial charge >= 0.3 is 12.2 Å². The van der Waals surface area contributed by atoms with E-state index in [1.54, 1.807) is 30.3 Å². The highest BCUT2D eigenvalue weighted by Gasteiger charge is 2.05. The van der Waals surface area contributed by atoms with Crippen LogP contribution < -0.4 is 11.1 Å². The van der Waals surface area contributed by atoms with Crippen LogP contribution in [0.5, 0.6) is 0 Å². The Morgan fingerprint density at radius 3 is 2.38 bits per heavy atom. The van der Waals surface area contributed by atoms with Crippen molar-refractivity contribution < 1.29 is 14.3 Å². The summed E-state index contributed by atoms with van der Waals surface area (Å²) >= 11 is 0. The average molecular weight is 180 g/mol. The van der Waals surface area contributed by atoms with Gasteiger partial charge in [-0.25, -0.2) is 9.59 Å². The molecule has 0 unspecified atom stereocenters. The Kier molecular flexibility index (Phi) is 2.86. The molecular weight excluding hydrogens is 172 g/mol. The summed E-state index contributed by atoms with van der Waals surface area (Å²) in [6.07, 6.45) is -2.02. The Labute approximate surface area is 74.5 Å². The van der Waals surface area contributed by atoms with Crippen molar-refractivity contribution in [3.05, 3.63) is 30.3 Å². The molecule has 0 aliphatic heterocycles. The van der Waals surface area contributed by atoms with E-state index in [-0.39, 0.29) is 0 Å². The second-order valence-electron chi connectivity index (χ2n) is 2.20. The van der Waals surface area contributed by atoms with Crippen LogP contribution in [0.2, 0.25) is 0 Å². The first kappa shape index (κ1) is 9.05. The van der Waals surface area contributed by atoms with Crippen molar-refractivity contribution in [3.63, 3.8) is 0 Å². The molecule has 0 spiro atoms. The van der Waals surface area contributed by atoms with E-state index in [1.165, 1.54) is 0 Å². The molecule has 0 heterocycles. The van der Waals surface area contributed by atoms with E-state index in [1.807, 2.05) is 0 Å². The Morgan fingerprint density at radius 2 is 1.85 bits per heavy atom. The highest BCUT2D eigenvalue weighted by atomic mass is 16.6. The topological polar surface area (TPSA) is 81.4 Å². The minimum atomic E-state index is -1.13. The van der Waals surface area contributed by atoms with E-state index in [0.717, 1.165) is 0 Å². The molecule has 0 saturated heterocycles. The van der Waals surface area contributed by atoms with E-state index < -0.39 is 12.2 Å². The van der Waals surface area contributed by atoms with Crippen LogP contribution in [0.25, 0.3) is 0 Å². The van der Waals surface area contributed by atoms with Gasteiger partial charge in [-0.2, -0.15) is 0 Å². The first-order chi connectivity index (χ1) is 6.18. The van der Waals surface area contributed by atoms with Gasteiger partial charge in [0.1, 0.15) is 0 Å². The zero-order chi connectivity index (χ0) is 9.68. The van der Waals surface area contributed by atoms with Crippen LogP contribution in [0.1, 0.15) is 0 Å². The molecule has 0 bridgehead atoms. The minimum absolute atomic E-state index is 0.536. The molecule has 0 aliphatic carbocycles. The third-order valence-electron chi connectivity index (χ3n) is 1.21. The fraction of sp³-hybridized carbons (Fsp3) is 0. The number of para-hydroxylation sites is 1. The van der Waals surface area contributed by atoms with Crippen molar-refractivity contribution in [2.24, 2.45) is 5.73 Å². The van der Waals surface area contributed by atoms with Gasteiger partial charge in [0.05, 0.1) is 0 Å². The molecule has 1 rings (SSSR count). The van der Waals surface area contributed by atoms with Gasteiger partial charge in [0, 0.05) is 5.69 Å². The van der Waals surface area contributed by atoms with Crippen molar-refractivity contribution in [1.82, 2.24) is 0 Å². The monoisotopic (exact) mass is 180 g/mol. The van der Waals surface area contributed by atoms with Crippen molar-refractivity contribution in [3.8, 4) is 0 Å². The number of rotatable bonds is 1. The number of anilines is 1. The minimum Gasteiger partial charge on any atom is -0.359 e. The normalized spacial score (nSPS) is 8.92. The molecule has 1 aromatic carbocycles. The number of carbonyl (C=O) groups excluding carboxylic acids is 2. The van der Waals surface area contributed by atoms with Crippen LogP contribution in [0, 0.1) is 0 Å². The molecule has 0 radical (unpaired) electrons.